The van der Waals surface area contributed by atoms with Gasteiger partial charge in [-0.3, -0.25) is 23.5 Å². The Labute approximate surface area is 507 Å². The normalized spacial score (nSPS) is 12.1. The number of rotatable bonds is 20. The van der Waals surface area contributed by atoms with E-state index < -0.39 is 11.4 Å². The molecule has 3 N–H and O–H groups in total. The molecule has 1 fully saturated rings. The number of amides is 3. The summed E-state index contributed by atoms with van der Waals surface area (Å²) in [4.78, 5) is 39.7. The molecule has 1 aliphatic carbocycles. The maximum Gasteiger partial charge on any atom is 0.269 e. The maximum atomic E-state index is 14.8. The zero-order valence-corrected chi connectivity index (χ0v) is 51.2. The van der Waals surface area contributed by atoms with Crippen LogP contribution in [0.4, 0.5) is 21.5 Å². The van der Waals surface area contributed by atoms with Gasteiger partial charge in [-0.2, -0.15) is 0 Å². The van der Waals surface area contributed by atoms with Crippen LogP contribution in [0.1, 0.15) is 82.7 Å². The zero-order chi connectivity index (χ0) is 58.1. The van der Waals surface area contributed by atoms with Gasteiger partial charge >= 0.3 is 0 Å². The molecule has 1 saturated carbocycles. The van der Waals surface area contributed by atoms with E-state index in [1.807, 2.05) is 183 Å². The Hall–Kier alpha value is -7.21. The van der Waals surface area contributed by atoms with Gasteiger partial charge in [-0.05, 0) is 114 Å². The standard InChI is InChI=1S/C22H19FN4OS2.C17H16N4OS2.C17H18N4OS2.2C2H6.3H2/c1-15(16-9-4-2-5-10-16)27-20(18-13-8-14-29-18)25-26-22(27)30-19(23)21(28)24-17-11-6-3-7-12-17;22-15(18-12-5-2-1-3-6-12)11-24-17-20-19-16(14-7-4-10-23-14)21(17)13-8-9-13;1-2-10-21-16(14-9-6-11-23-14)19-20-17(21)24-12-15(22)18-13-7-4-3-5-8-13;2*1-2;;;/h2-15,19H,1H3,(H,24,28);1-7,10,13H,8-9,11H2,(H,18,22);3-9,11H,2,10,12H2,1H3,(H,18,22);2*1-2H3;3*1H. The Bertz CT molecular complexity index is 3450. The quantitative estimate of drug-likeness (QED) is 0.0616. The predicted molar refractivity (Wildman–Crippen MR) is 345 cm³/mol. The summed E-state index contributed by atoms with van der Waals surface area (Å²) in [6, 6.07) is 50.0. The minimum Gasteiger partial charge on any atom is -0.325 e. The van der Waals surface area contributed by atoms with Crippen molar-refractivity contribution in [3.05, 3.63) is 179 Å². The lowest BCUT2D eigenvalue weighted by atomic mass is 10.1. The number of carbonyl (C=O) groups is 3. The number of thioether (sulfide) groups is 3. The Balaban J connectivity index is 0.000000263. The molecule has 0 spiro atoms. The number of anilines is 3. The van der Waals surface area contributed by atoms with Crippen molar-refractivity contribution in [1.82, 2.24) is 44.3 Å². The number of hydrogen-bond acceptors (Lipinski definition) is 15. The van der Waals surface area contributed by atoms with E-state index in [2.05, 4.69) is 68.7 Å². The fourth-order valence-corrected chi connectivity index (χ4v) is 12.2. The molecule has 11 rings (SSSR count). The van der Waals surface area contributed by atoms with Crippen molar-refractivity contribution in [2.75, 3.05) is 27.5 Å². The van der Waals surface area contributed by atoms with Gasteiger partial charge in [0.25, 0.3) is 5.91 Å². The fraction of sp³-hybridized carbons (Fsp3) is 0.250. The first-order chi connectivity index (χ1) is 40.2. The molecular weight excluding hydrogens is 1150 g/mol. The SMILES string of the molecule is CC.CC.CC(c1ccccc1)n1c(SC(F)C(=O)Nc2ccccc2)nnc1-c1cccs1.CCCn1c(SCC(=O)Nc2ccccc2)nnc1-c1cccs1.O=C(CSc1nnc(-c2cccs2)n1C1CC1)Nc1ccccc1.[HH].[HH].[HH]. The Morgan fingerprint density at radius 1 is 0.561 bits per heavy atom. The number of benzene rings is 4. The van der Waals surface area contributed by atoms with Crippen LogP contribution in [0.15, 0.2) is 189 Å². The van der Waals surface area contributed by atoms with E-state index in [1.54, 1.807) is 46.9 Å². The van der Waals surface area contributed by atoms with Crippen molar-refractivity contribution in [3.63, 3.8) is 0 Å². The first-order valence-electron chi connectivity index (χ1n) is 26.8. The van der Waals surface area contributed by atoms with Crippen LogP contribution in [0.5, 0.6) is 0 Å². The molecule has 1 aliphatic rings. The topological polar surface area (TPSA) is 179 Å². The highest BCUT2D eigenvalue weighted by Crippen LogP contribution is 2.42. The zero-order valence-electron chi connectivity index (χ0n) is 46.3. The minimum absolute atomic E-state index is 0. The van der Waals surface area contributed by atoms with E-state index in [4.69, 9.17) is 0 Å². The molecule has 0 saturated heterocycles. The molecule has 6 heterocycles. The summed E-state index contributed by atoms with van der Waals surface area (Å²) in [6.07, 6.45) is 3.29. The second-order valence-electron chi connectivity index (χ2n) is 17.3. The van der Waals surface area contributed by atoms with Crippen LogP contribution >= 0.6 is 69.3 Å². The molecule has 6 aromatic heterocycles. The van der Waals surface area contributed by atoms with Gasteiger partial charge in [-0.15, -0.1) is 64.6 Å². The molecule has 0 aliphatic heterocycles. The van der Waals surface area contributed by atoms with E-state index in [1.165, 1.54) is 34.9 Å². The minimum atomic E-state index is -1.83. The van der Waals surface area contributed by atoms with Gasteiger partial charge in [-0.25, -0.2) is 4.39 Å². The van der Waals surface area contributed by atoms with Crippen LogP contribution in [0.25, 0.3) is 32.1 Å². The van der Waals surface area contributed by atoms with Crippen molar-refractivity contribution >= 4 is 104 Å². The van der Waals surface area contributed by atoms with Crippen molar-refractivity contribution in [3.8, 4) is 32.1 Å². The first kappa shape index (κ1) is 62.4. The highest BCUT2D eigenvalue weighted by Gasteiger charge is 2.31. The molecule has 3 amide bonds. The number of nitrogens with one attached hydrogen (secondary N) is 3. The summed E-state index contributed by atoms with van der Waals surface area (Å²) in [5.74, 6) is 2.26. The Kier molecular flexibility index (Phi) is 25.1. The number of hydrogen-bond donors (Lipinski definition) is 3. The van der Waals surface area contributed by atoms with Gasteiger partial charge in [0.2, 0.25) is 17.3 Å². The van der Waals surface area contributed by atoms with E-state index in [0.717, 1.165) is 91.1 Å². The lowest BCUT2D eigenvalue weighted by Gasteiger charge is -2.18. The summed E-state index contributed by atoms with van der Waals surface area (Å²) in [7, 11) is 0. The summed E-state index contributed by atoms with van der Waals surface area (Å²) < 4.78 is 21.0. The number of alkyl halides is 1. The average molecular weight is 1220 g/mol. The summed E-state index contributed by atoms with van der Waals surface area (Å²) in [5.41, 5.74) is 1.38. The van der Waals surface area contributed by atoms with Crippen molar-refractivity contribution in [2.24, 2.45) is 0 Å². The Morgan fingerprint density at radius 3 is 1.48 bits per heavy atom. The smallest absolute Gasteiger partial charge is 0.269 e. The van der Waals surface area contributed by atoms with Gasteiger partial charge in [0, 0.05) is 33.9 Å². The molecule has 10 aromatic rings. The molecule has 22 heteroatoms. The average Bonchev–Trinajstić information content (AvgIpc) is 4.50. The number of halogens is 1. The monoisotopic (exact) mass is 1220 g/mol. The van der Waals surface area contributed by atoms with Crippen molar-refractivity contribution in [1.29, 1.82) is 0 Å². The number of aromatic nitrogens is 9. The molecule has 4 aromatic carbocycles. The lowest BCUT2D eigenvalue weighted by molar-refractivity contribution is -0.118. The fourth-order valence-electron chi connectivity index (χ4n) is 7.74. The number of nitrogens with zero attached hydrogens (tertiary/aromatic N) is 9. The largest absolute Gasteiger partial charge is 0.325 e. The number of para-hydroxylation sites is 3. The maximum absolute atomic E-state index is 14.8. The van der Waals surface area contributed by atoms with Gasteiger partial charge in [-0.1, -0.05) is 161 Å². The Morgan fingerprint density at radius 2 is 0.988 bits per heavy atom. The van der Waals surface area contributed by atoms with Crippen molar-refractivity contribution < 1.29 is 23.1 Å². The third-order valence-corrected chi connectivity index (χ3v) is 17.0. The molecule has 15 nitrogen and oxygen atoms in total. The molecule has 2 unspecified atom stereocenters. The molecular formula is C60H71FN12O3S6. The second-order valence-corrected chi connectivity index (χ2v) is 23.0. The van der Waals surface area contributed by atoms with E-state index in [-0.39, 0.29) is 22.1 Å². The van der Waals surface area contributed by atoms with Crippen molar-refractivity contribution in [2.45, 2.75) is 100 Å². The van der Waals surface area contributed by atoms with E-state index >= 15 is 0 Å². The van der Waals surface area contributed by atoms with Gasteiger partial charge in [0.1, 0.15) is 0 Å². The predicted octanol–water partition coefficient (Wildman–Crippen LogP) is 16.7. The van der Waals surface area contributed by atoms with Crippen LogP contribution in [0, 0.1) is 0 Å². The van der Waals surface area contributed by atoms with Gasteiger partial charge < -0.3 is 20.5 Å². The lowest BCUT2D eigenvalue weighted by Crippen LogP contribution is -2.22. The molecule has 2 atom stereocenters. The van der Waals surface area contributed by atoms with Crippen LogP contribution in [0.3, 0.4) is 0 Å². The van der Waals surface area contributed by atoms with E-state index in [9.17, 15) is 18.8 Å². The molecule has 432 valence electrons. The summed E-state index contributed by atoms with van der Waals surface area (Å²) in [5, 5.41) is 42.1. The number of carbonyl (C=O) groups excluding carboxylic acids is 3. The van der Waals surface area contributed by atoms with Gasteiger partial charge in [0.15, 0.2) is 32.9 Å². The van der Waals surface area contributed by atoms with Crippen LogP contribution in [-0.2, 0) is 20.9 Å². The van der Waals surface area contributed by atoms with E-state index in [0.29, 0.717) is 34.2 Å². The second kappa shape index (κ2) is 33.0. The molecule has 82 heavy (non-hydrogen) atoms. The molecule has 0 radical (unpaired) electrons. The van der Waals surface area contributed by atoms with Crippen LogP contribution < -0.4 is 16.0 Å². The summed E-state index contributed by atoms with van der Waals surface area (Å²) >= 11 is 8.46. The molecule has 0 bridgehead atoms. The number of thiophene rings is 3. The van der Waals surface area contributed by atoms with Crippen LogP contribution in [-0.4, -0.2) is 79.0 Å². The third kappa shape index (κ3) is 17.9. The highest BCUT2D eigenvalue weighted by atomic mass is 32.2. The summed E-state index contributed by atoms with van der Waals surface area (Å²) in [6.45, 7) is 13.0. The van der Waals surface area contributed by atoms with Gasteiger partial charge in [0.05, 0.1) is 32.2 Å². The van der Waals surface area contributed by atoms with Crippen LogP contribution in [0.2, 0.25) is 0 Å². The third-order valence-electron chi connectivity index (χ3n) is 11.5. The highest BCUT2D eigenvalue weighted by molar-refractivity contribution is 8.00. The first-order valence-corrected chi connectivity index (χ1v) is 32.3.